The van der Waals surface area contributed by atoms with Crippen LogP contribution in [0.5, 0.6) is 5.75 Å². The van der Waals surface area contributed by atoms with Crippen molar-refractivity contribution >= 4 is 17.5 Å². The van der Waals surface area contributed by atoms with Crippen molar-refractivity contribution in [2.75, 3.05) is 12.4 Å². The Bertz CT molecular complexity index is 981. The van der Waals surface area contributed by atoms with Gasteiger partial charge < -0.3 is 15.4 Å². The van der Waals surface area contributed by atoms with Crippen molar-refractivity contribution in [3.05, 3.63) is 76.6 Å². The number of amides is 1. The third-order valence-corrected chi connectivity index (χ3v) is 4.44. The molecule has 0 radical (unpaired) electrons. The summed E-state index contributed by atoms with van der Waals surface area (Å²) in [6.07, 6.45) is 0. The SMILES string of the molecule is COc1ccccc1CNC(=O)c1cc(C)nc(Nc2c(C)cccc2C)n1. The number of para-hydroxylation sites is 2. The molecule has 0 aliphatic carbocycles. The highest BCUT2D eigenvalue weighted by Crippen LogP contribution is 2.23. The molecule has 3 aromatic rings. The number of hydrogen-bond acceptors (Lipinski definition) is 5. The predicted molar refractivity (Wildman–Crippen MR) is 110 cm³/mol. The van der Waals surface area contributed by atoms with Gasteiger partial charge in [-0.3, -0.25) is 4.79 Å². The van der Waals surface area contributed by atoms with Crippen molar-refractivity contribution in [1.82, 2.24) is 15.3 Å². The van der Waals surface area contributed by atoms with E-state index in [1.807, 2.05) is 63.2 Å². The van der Waals surface area contributed by atoms with Gasteiger partial charge in [0.1, 0.15) is 11.4 Å². The zero-order chi connectivity index (χ0) is 20.1. The molecule has 0 fully saturated rings. The van der Waals surface area contributed by atoms with E-state index in [1.165, 1.54) is 0 Å². The fourth-order valence-corrected chi connectivity index (χ4v) is 2.98. The second kappa shape index (κ2) is 8.52. The average Bonchev–Trinajstić information content (AvgIpc) is 2.69. The van der Waals surface area contributed by atoms with E-state index >= 15 is 0 Å². The summed E-state index contributed by atoms with van der Waals surface area (Å²) in [6, 6.07) is 15.3. The third kappa shape index (κ3) is 4.46. The van der Waals surface area contributed by atoms with Gasteiger partial charge in [-0.2, -0.15) is 0 Å². The number of ether oxygens (including phenoxy) is 1. The zero-order valence-corrected chi connectivity index (χ0v) is 16.5. The Morgan fingerprint density at radius 3 is 2.43 bits per heavy atom. The maximum absolute atomic E-state index is 12.6. The molecule has 0 aliphatic rings. The van der Waals surface area contributed by atoms with Crippen molar-refractivity contribution in [2.45, 2.75) is 27.3 Å². The number of benzene rings is 2. The van der Waals surface area contributed by atoms with Gasteiger partial charge in [-0.1, -0.05) is 36.4 Å². The quantitative estimate of drug-likeness (QED) is 0.678. The Balaban J connectivity index is 1.78. The molecule has 6 nitrogen and oxygen atoms in total. The first-order valence-electron chi connectivity index (χ1n) is 9.07. The van der Waals surface area contributed by atoms with E-state index in [2.05, 4.69) is 20.6 Å². The van der Waals surface area contributed by atoms with Gasteiger partial charge in [-0.05, 0) is 44.0 Å². The van der Waals surface area contributed by atoms with Gasteiger partial charge in [0.05, 0.1) is 7.11 Å². The summed E-state index contributed by atoms with van der Waals surface area (Å²) in [5.41, 5.74) is 5.06. The smallest absolute Gasteiger partial charge is 0.270 e. The minimum Gasteiger partial charge on any atom is -0.496 e. The maximum Gasteiger partial charge on any atom is 0.270 e. The van der Waals surface area contributed by atoms with E-state index in [4.69, 9.17) is 4.74 Å². The number of carbonyl (C=O) groups is 1. The third-order valence-electron chi connectivity index (χ3n) is 4.44. The minimum atomic E-state index is -0.263. The topological polar surface area (TPSA) is 76.1 Å². The van der Waals surface area contributed by atoms with Gasteiger partial charge >= 0.3 is 0 Å². The Morgan fingerprint density at radius 1 is 1.00 bits per heavy atom. The molecule has 0 atom stereocenters. The zero-order valence-electron chi connectivity index (χ0n) is 16.5. The summed E-state index contributed by atoms with van der Waals surface area (Å²) >= 11 is 0. The number of nitrogens with one attached hydrogen (secondary N) is 2. The van der Waals surface area contributed by atoms with Crippen molar-refractivity contribution in [3.63, 3.8) is 0 Å². The van der Waals surface area contributed by atoms with Crippen LogP contribution >= 0.6 is 0 Å². The first kappa shape index (κ1) is 19.4. The molecule has 6 heteroatoms. The second-order valence-electron chi connectivity index (χ2n) is 6.60. The highest BCUT2D eigenvalue weighted by atomic mass is 16.5. The number of anilines is 2. The van der Waals surface area contributed by atoms with Crippen molar-refractivity contribution in [3.8, 4) is 5.75 Å². The molecular formula is C22H24N4O2. The number of carbonyl (C=O) groups excluding carboxylic acids is 1. The second-order valence-corrected chi connectivity index (χ2v) is 6.60. The van der Waals surface area contributed by atoms with Gasteiger partial charge in [0.25, 0.3) is 5.91 Å². The largest absolute Gasteiger partial charge is 0.496 e. The fraction of sp³-hybridized carbons (Fsp3) is 0.227. The predicted octanol–water partition coefficient (Wildman–Crippen LogP) is 4.08. The van der Waals surface area contributed by atoms with Crippen LogP contribution in [0.4, 0.5) is 11.6 Å². The Morgan fingerprint density at radius 2 is 1.71 bits per heavy atom. The molecule has 0 saturated heterocycles. The molecule has 3 rings (SSSR count). The maximum atomic E-state index is 12.6. The lowest BCUT2D eigenvalue weighted by Crippen LogP contribution is -2.24. The normalized spacial score (nSPS) is 10.4. The van der Waals surface area contributed by atoms with Gasteiger partial charge in [-0.15, -0.1) is 0 Å². The number of aromatic nitrogens is 2. The molecule has 144 valence electrons. The summed E-state index contributed by atoms with van der Waals surface area (Å²) in [5.74, 6) is 0.875. The average molecular weight is 376 g/mol. The Kier molecular flexibility index (Phi) is 5.89. The van der Waals surface area contributed by atoms with Crippen LogP contribution < -0.4 is 15.4 Å². The summed E-state index contributed by atoms with van der Waals surface area (Å²) < 4.78 is 5.32. The lowest BCUT2D eigenvalue weighted by atomic mass is 10.1. The number of aryl methyl sites for hydroxylation is 3. The van der Waals surface area contributed by atoms with Crippen LogP contribution in [-0.2, 0) is 6.54 Å². The first-order valence-corrected chi connectivity index (χ1v) is 9.07. The lowest BCUT2D eigenvalue weighted by Gasteiger charge is -2.13. The van der Waals surface area contributed by atoms with E-state index in [1.54, 1.807) is 13.2 Å². The fourth-order valence-electron chi connectivity index (χ4n) is 2.98. The molecule has 1 amide bonds. The van der Waals surface area contributed by atoms with Gasteiger partial charge in [0, 0.05) is 23.5 Å². The van der Waals surface area contributed by atoms with E-state index < -0.39 is 0 Å². The number of methoxy groups -OCH3 is 1. The van der Waals surface area contributed by atoms with Crippen LogP contribution in [0, 0.1) is 20.8 Å². The van der Waals surface area contributed by atoms with Crippen LogP contribution in [0.3, 0.4) is 0 Å². The molecule has 0 aliphatic heterocycles. The monoisotopic (exact) mass is 376 g/mol. The van der Waals surface area contributed by atoms with Crippen LogP contribution in [-0.4, -0.2) is 23.0 Å². The summed E-state index contributed by atoms with van der Waals surface area (Å²) in [5, 5.41) is 6.14. The standard InChI is InChI=1S/C22H24N4O2/c1-14-8-7-9-15(2)20(14)26-22-24-16(3)12-18(25-22)21(27)23-13-17-10-5-6-11-19(17)28-4/h5-12H,13H2,1-4H3,(H,23,27)(H,24,25,26). The number of rotatable bonds is 6. The Hall–Kier alpha value is -3.41. The van der Waals surface area contributed by atoms with Crippen molar-refractivity contribution < 1.29 is 9.53 Å². The van der Waals surface area contributed by atoms with E-state index in [9.17, 15) is 4.79 Å². The highest BCUT2D eigenvalue weighted by molar-refractivity contribution is 5.92. The molecule has 0 unspecified atom stereocenters. The molecule has 1 aromatic heterocycles. The van der Waals surface area contributed by atoms with Crippen LogP contribution in [0.2, 0.25) is 0 Å². The van der Waals surface area contributed by atoms with E-state index in [0.717, 1.165) is 28.1 Å². The molecule has 0 spiro atoms. The highest BCUT2D eigenvalue weighted by Gasteiger charge is 2.13. The molecule has 2 aromatic carbocycles. The van der Waals surface area contributed by atoms with Crippen LogP contribution in [0.25, 0.3) is 0 Å². The molecular weight excluding hydrogens is 352 g/mol. The van der Waals surface area contributed by atoms with Crippen LogP contribution in [0.15, 0.2) is 48.5 Å². The Labute approximate surface area is 165 Å². The van der Waals surface area contributed by atoms with Gasteiger partial charge in [0.15, 0.2) is 0 Å². The van der Waals surface area contributed by atoms with E-state index in [-0.39, 0.29) is 5.91 Å². The van der Waals surface area contributed by atoms with Gasteiger partial charge in [0.2, 0.25) is 5.95 Å². The number of nitrogens with zero attached hydrogens (tertiary/aromatic N) is 2. The summed E-state index contributed by atoms with van der Waals surface area (Å²) in [7, 11) is 1.61. The molecule has 0 bridgehead atoms. The van der Waals surface area contributed by atoms with E-state index in [0.29, 0.717) is 23.9 Å². The number of hydrogen-bond donors (Lipinski definition) is 2. The minimum absolute atomic E-state index is 0.263. The molecule has 1 heterocycles. The van der Waals surface area contributed by atoms with Crippen molar-refractivity contribution in [1.29, 1.82) is 0 Å². The lowest BCUT2D eigenvalue weighted by molar-refractivity contribution is 0.0945. The molecule has 0 saturated carbocycles. The van der Waals surface area contributed by atoms with Crippen molar-refractivity contribution in [2.24, 2.45) is 0 Å². The van der Waals surface area contributed by atoms with Crippen LogP contribution in [0.1, 0.15) is 32.9 Å². The molecule has 2 N–H and O–H groups in total. The summed E-state index contributed by atoms with van der Waals surface area (Å²) in [4.78, 5) is 21.5. The summed E-state index contributed by atoms with van der Waals surface area (Å²) in [6.45, 7) is 6.23. The molecule has 28 heavy (non-hydrogen) atoms. The first-order chi connectivity index (χ1) is 13.5. The van der Waals surface area contributed by atoms with Gasteiger partial charge in [-0.25, -0.2) is 9.97 Å².